The maximum Gasteiger partial charge on any atom is 0.210 e. The van der Waals surface area contributed by atoms with Gasteiger partial charge in [-0.05, 0) is 124 Å². The van der Waals surface area contributed by atoms with E-state index < -0.39 is 25.8 Å². The second-order valence-electron chi connectivity index (χ2n) is 12.5. The smallest absolute Gasteiger partial charge is 0.210 e. The highest BCUT2D eigenvalue weighted by Gasteiger charge is 2.26. The average Bonchev–Trinajstić information content (AvgIpc) is 3.64. The van der Waals surface area contributed by atoms with Crippen molar-refractivity contribution in [1.29, 1.82) is 0 Å². The minimum atomic E-state index is -3.92. The van der Waals surface area contributed by atoms with Gasteiger partial charge in [0, 0.05) is 0 Å². The van der Waals surface area contributed by atoms with E-state index in [1.807, 2.05) is 0 Å². The van der Waals surface area contributed by atoms with Gasteiger partial charge in [0.05, 0.1) is 22.0 Å². The Morgan fingerprint density at radius 2 is 0.980 bits per heavy atom. The molecule has 260 valence electrons. The van der Waals surface area contributed by atoms with Gasteiger partial charge in [0.25, 0.3) is 0 Å². The average molecular weight is 707 g/mol. The van der Waals surface area contributed by atoms with E-state index in [9.17, 15) is 21.9 Å². The van der Waals surface area contributed by atoms with Gasteiger partial charge in [-0.2, -0.15) is 0 Å². The summed E-state index contributed by atoms with van der Waals surface area (Å²) < 4.78 is 77.6. The second-order valence-corrected chi connectivity index (χ2v) is 16.4. The van der Waals surface area contributed by atoms with Gasteiger partial charge in [-0.25, -0.2) is 16.8 Å². The molecule has 0 bridgehead atoms. The molecule has 4 aromatic carbocycles. The SMILES string of the molecule is O=S(=O)(c1ccc(OC2CCCCC2)cc1)c1ccccc1OCC(O)COc1ccc(S(=O)(=O)c2ccccc2OC2CCCC2)cc1. The Balaban J connectivity index is 1.04. The zero-order valence-electron chi connectivity index (χ0n) is 27.3. The minimum absolute atomic E-state index is 0.0174. The van der Waals surface area contributed by atoms with Crippen LogP contribution in [-0.4, -0.2) is 53.5 Å². The molecule has 2 aliphatic carbocycles. The van der Waals surface area contributed by atoms with Crippen molar-refractivity contribution in [3.8, 4) is 23.0 Å². The fourth-order valence-corrected chi connectivity index (χ4v) is 9.00. The molecular weight excluding hydrogens is 665 g/mol. The molecule has 0 amide bonds. The molecule has 49 heavy (non-hydrogen) atoms. The van der Waals surface area contributed by atoms with Gasteiger partial charge in [-0.3, -0.25) is 0 Å². The molecule has 0 spiro atoms. The summed E-state index contributed by atoms with van der Waals surface area (Å²) in [6.07, 6.45) is 8.55. The zero-order chi connectivity index (χ0) is 34.3. The molecular formula is C38H42O9S2. The van der Waals surface area contributed by atoms with Crippen molar-refractivity contribution in [2.45, 2.75) is 95.7 Å². The maximum atomic E-state index is 13.5. The van der Waals surface area contributed by atoms with Crippen LogP contribution in [0.15, 0.2) is 117 Å². The molecule has 0 saturated heterocycles. The fourth-order valence-electron chi connectivity index (χ4n) is 6.21. The highest BCUT2D eigenvalue weighted by atomic mass is 32.2. The van der Waals surface area contributed by atoms with Crippen molar-refractivity contribution in [2.24, 2.45) is 0 Å². The lowest BCUT2D eigenvalue weighted by molar-refractivity contribution is 0.0616. The van der Waals surface area contributed by atoms with Crippen molar-refractivity contribution in [2.75, 3.05) is 13.2 Å². The summed E-state index contributed by atoms with van der Waals surface area (Å²) in [5.74, 6) is 1.46. The summed E-state index contributed by atoms with van der Waals surface area (Å²) >= 11 is 0. The lowest BCUT2D eigenvalue weighted by atomic mass is 9.98. The highest BCUT2D eigenvalue weighted by Crippen LogP contribution is 2.34. The Hall–Kier alpha value is -4.06. The van der Waals surface area contributed by atoms with Crippen LogP contribution in [-0.2, 0) is 19.7 Å². The molecule has 2 aliphatic rings. The lowest BCUT2D eigenvalue weighted by Crippen LogP contribution is -2.25. The van der Waals surface area contributed by atoms with Crippen LogP contribution in [0.2, 0.25) is 0 Å². The lowest BCUT2D eigenvalue weighted by Gasteiger charge is -2.23. The number of para-hydroxylation sites is 2. The van der Waals surface area contributed by atoms with Gasteiger partial charge < -0.3 is 24.1 Å². The van der Waals surface area contributed by atoms with Gasteiger partial charge in [-0.15, -0.1) is 0 Å². The molecule has 0 heterocycles. The van der Waals surface area contributed by atoms with Crippen LogP contribution in [0.4, 0.5) is 0 Å². The molecule has 1 N–H and O–H groups in total. The van der Waals surface area contributed by atoms with Crippen molar-refractivity contribution >= 4 is 19.7 Å². The molecule has 4 aromatic rings. The number of rotatable bonds is 14. The van der Waals surface area contributed by atoms with Gasteiger partial charge >= 0.3 is 0 Å². The third kappa shape index (κ3) is 8.57. The van der Waals surface area contributed by atoms with Crippen LogP contribution in [0.5, 0.6) is 23.0 Å². The number of sulfone groups is 2. The van der Waals surface area contributed by atoms with Crippen molar-refractivity contribution in [3.05, 3.63) is 97.1 Å². The van der Waals surface area contributed by atoms with E-state index in [2.05, 4.69) is 0 Å². The standard InChI is InChI=1S/C38H42O9S2/c39-28(26-44-29-18-22-33(23-19-29)49(42,43)38-17-9-7-15-36(38)47-31-12-4-5-13-31)27-45-35-14-6-8-16-37(35)48(40,41)34-24-20-32(21-25-34)46-30-10-2-1-3-11-30/h6-9,14-25,28,30-31,39H,1-5,10-13,26-27H2. The molecule has 0 radical (unpaired) electrons. The molecule has 0 aromatic heterocycles. The quantitative estimate of drug-likeness (QED) is 0.145. The second kappa shape index (κ2) is 15.7. The van der Waals surface area contributed by atoms with Crippen LogP contribution in [0.25, 0.3) is 0 Å². The van der Waals surface area contributed by atoms with Gasteiger partial charge in [0.1, 0.15) is 52.1 Å². The highest BCUT2D eigenvalue weighted by molar-refractivity contribution is 7.92. The molecule has 1 unspecified atom stereocenters. The summed E-state index contributed by atoms with van der Waals surface area (Å²) in [7, 11) is -7.77. The zero-order valence-corrected chi connectivity index (χ0v) is 28.9. The van der Waals surface area contributed by atoms with Crippen LogP contribution in [0, 0.1) is 0 Å². The monoisotopic (exact) mass is 706 g/mol. The van der Waals surface area contributed by atoms with Crippen LogP contribution >= 0.6 is 0 Å². The topological polar surface area (TPSA) is 125 Å². The summed E-state index contributed by atoms with van der Waals surface area (Å²) in [6.45, 7) is -0.396. The predicted octanol–water partition coefficient (Wildman–Crippen LogP) is 7.20. The van der Waals surface area contributed by atoms with E-state index in [1.165, 1.54) is 55.0 Å². The Kier molecular flexibility index (Phi) is 11.1. The number of benzene rings is 4. The van der Waals surface area contributed by atoms with Gasteiger partial charge in [-0.1, -0.05) is 30.7 Å². The summed E-state index contributed by atoms with van der Waals surface area (Å²) in [4.78, 5) is 0.302. The molecule has 0 aliphatic heterocycles. The van der Waals surface area contributed by atoms with Crippen LogP contribution in [0.1, 0.15) is 57.8 Å². The summed E-state index contributed by atoms with van der Waals surface area (Å²) in [6, 6.07) is 25.3. The molecule has 2 fully saturated rings. The first-order valence-corrected chi connectivity index (χ1v) is 19.8. The van der Waals surface area contributed by atoms with Gasteiger partial charge in [0.2, 0.25) is 19.7 Å². The first-order valence-electron chi connectivity index (χ1n) is 16.9. The number of hydrogen-bond acceptors (Lipinski definition) is 9. The largest absolute Gasteiger partial charge is 0.491 e. The van der Waals surface area contributed by atoms with E-state index >= 15 is 0 Å². The van der Waals surface area contributed by atoms with Crippen molar-refractivity contribution < 1.29 is 40.9 Å². The first-order chi connectivity index (χ1) is 23.7. The number of ether oxygens (including phenoxy) is 4. The Morgan fingerprint density at radius 1 is 0.531 bits per heavy atom. The van der Waals surface area contributed by atoms with E-state index in [-0.39, 0.29) is 50.8 Å². The Labute approximate surface area is 288 Å². The third-order valence-corrected chi connectivity index (χ3v) is 12.5. The molecule has 6 rings (SSSR count). The van der Waals surface area contributed by atoms with Crippen molar-refractivity contribution in [1.82, 2.24) is 0 Å². The van der Waals surface area contributed by atoms with Crippen molar-refractivity contribution in [3.63, 3.8) is 0 Å². The normalized spacial score (nSPS) is 16.6. The van der Waals surface area contributed by atoms with Gasteiger partial charge in [0.15, 0.2) is 0 Å². The number of aliphatic hydroxyl groups is 1. The predicted molar refractivity (Wildman–Crippen MR) is 184 cm³/mol. The minimum Gasteiger partial charge on any atom is -0.491 e. The van der Waals surface area contributed by atoms with E-state index in [0.29, 0.717) is 17.2 Å². The Bertz CT molecular complexity index is 1900. The number of hydrogen-bond donors (Lipinski definition) is 1. The Morgan fingerprint density at radius 3 is 1.57 bits per heavy atom. The van der Waals surface area contributed by atoms with Crippen LogP contribution in [0.3, 0.4) is 0 Å². The van der Waals surface area contributed by atoms with E-state index in [4.69, 9.17) is 18.9 Å². The fraction of sp³-hybridized carbons (Fsp3) is 0.368. The molecule has 1 atom stereocenters. The molecule has 2 saturated carbocycles. The first kappa shape index (κ1) is 34.8. The number of aliphatic hydroxyl groups excluding tert-OH is 1. The molecule has 11 heteroatoms. The summed E-state index contributed by atoms with van der Waals surface area (Å²) in [5, 5.41) is 10.6. The van der Waals surface area contributed by atoms with E-state index in [0.717, 1.165) is 51.4 Å². The maximum absolute atomic E-state index is 13.5. The van der Waals surface area contributed by atoms with E-state index in [1.54, 1.807) is 48.5 Å². The molecule has 9 nitrogen and oxygen atoms in total. The summed E-state index contributed by atoms with van der Waals surface area (Å²) in [5.41, 5.74) is 0. The van der Waals surface area contributed by atoms with Crippen LogP contribution < -0.4 is 18.9 Å². The third-order valence-electron chi connectivity index (χ3n) is 8.87.